The summed E-state index contributed by atoms with van der Waals surface area (Å²) in [5.41, 5.74) is 0.271. The molecule has 0 fully saturated rings. The van der Waals surface area contributed by atoms with Gasteiger partial charge in [-0.1, -0.05) is 18.7 Å². The minimum Gasteiger partial charge on any atom is -0.875 e. The number of nitrogens with zero attached hydrogens (tertiary/aromatic N) is 2. The number of nitrogens with one attached hydrogen (secondary N) is 1. The predicted molar refractivity (Wildman–Crippen MR) is 49.9 cm³/mol. The van der Waals surface area contributed by atoms with Gasteiger partial charge in [-0.05, 0) is 6.26 Å². The molecule has 0 aromatic rings. The molecule has 0 saturated heterocycles. The van der Waals surface area contributed by atoms with E-state index in [9.17, 15) is 5.11 Å². The second-order valence-electron chi connectivity index (χ2n) is 2.18. The molecule has 0 radical (unpaired) electrons. The Labute approximate surface area is 74.6 Å². The third-order valence-corrected chi connectivity index (χ3v) is 1.89. The van der Waals surface area contributed by atoms with Crippen LogP contribution in [0.4, 0.5) is 0 Å². The van der Waals surface area contributed by atoms with Crippen LogP contribution in [0.1, 0.15) is 6.92 Å². The summed E-state index contributed by atoms with van der Waals surface area (Å²) >= 11 is 1.35. The molecule has 0 aromatic carbocycles. The van der Waals surface area contributed by atoms with Gasteiger partial charge in [0.05, 0.1) is 0 Å². The molecule has 0 atom stereocenters. The Morgan fingerprint density at radius 1 is 1.67 bits per heavy atom. The largest absolute Gasteiger partial charge is 0.875 e. The second-order valence-corrected chi connectivity index (χ2v) is 2.95. The van der Waals surface area contributed by atoms with E-state index in [0.29, 0.717) is 5.17 Å². The van der Waals surface area contributed by atoms with Crippen molar-refractivity contribution >= 4 is 29.0 Å². The fraction of sp³-hybridized carbons (Fsp3) is 0.286. The third kappa shape index (κ3) is 1.73. The summed E-state index contributed by atoms with van der Waals surface area (Å²) in [6.07, 6.45) is 3.21. The van der Waals surface area contributed by atoms with Crippen molar-refractivity contribution in [2.45, 2.75) is 6.92 Å². The van der Waals surface area contributed by atoms with Gasteiger partial charge in [0, 0.05) is 11.8 Å². The molecule has 5 heteroatoms. The van der Waals surface area contributed by atoms with Crippen LogP contribution in [0.5, 0.6) is 0 Å². The first-order chi connectivity index (χ1) is 5.65. The molecule has 0 aromatic heterocycles. The third-order valence-electron chi connectivity index (χ3n) is 1.33. The van der Waals surface area contributed by atoms with Gasteiger partial charge in [0.15, 0.2) is 11.0 Å². The lowest BCUT2D eigenvalue weighted by molar-refractivity contribution is -0.302. The lowest BCUT2D eigenvalue weighted by Crippen LogP contribution is -2.15. The van der Waals surface area contributed by atoms with Gasteiger partial charge >= 0.3 is 0 Å². The van der Waals surface area contributed by atoms with E-state index in [1.807, 2.05) is 6.26 Å². The Bertz CT molecular complexity index is 300. The summed E-state index contributed by atoms with van der Waals surface area (Å²) in [6, 6.07) is 0. The van der Waals surface area contributed by atoms with Crippen LogP contribution in [-0.2, 0) is 0 Å². The molecule has 1 aliphatic rings. The molecule has 0 bridgehead atoms. The number of hydrogen-bond acceptors (Lipinski definition) is 4. The first-order valence-electron chi connectivity index (χ1n) is 3.28. The van der Waals surface area contributed by atoms with Crippen molar-refractivity contribution in [3.63, 3.8) is 0 Å². The van der Waals surface area contributed by atoms with Crippen LogP contribution in [0.25, 0.3) is 0 Å². The summed E-state index contributed by atoms with van der Waals surface area (Å²) in [5.74, 6) is -0.172. The zero-order valence-electron chi connectivity index (χ0n) is 6.79. The second kappa shape index (κ2) is 3.53. The van der Waals surface area contributed by atoms with Crippen LogP contribution in [0.3, 0.4) is 0 Å². The average Bonchev–Trinajstić information content (AvgIpc) is 2.03. The monoisotopic (exact) mass is 182 g/mol. The van der Waals surface area contributed by atoms with Crippen LogP contribution >= 0.6 is 11.8 Å². The Hall–Kier alpha value is -1.10. The number of aliphatic imine (C=N–C) groups is 2. The highest BCUT2D eigenvalue weighted by Crippen LogP contribution is 2.10. The van der Waals surface area contributed by atoms with Crippen LogP contribution in [0.15, 0.2) is 21.3 Å². The van der Waals surface area contributed by atoms with E-state index in [2.05, 4.69) is 9.98 Å². The topological polar surface area (TPSA) is 71.6 Å². The minimum atomic E-state index is -0.173. The summed E-state index contributed by atoms with van der Waals surface area (Å²) in [6.45, 7) is 1.40. The van der Waals surface area contributed by atoms with Gasteiger partial charge in [0.1, 0.15) is 0 Å². The number of amidine groups is 2. The number of thioether (sulfide) groups is 1. The van der Waals surface area contributed by atoms with E-state index >= 15 is 0 Å². The van der Waals surface area contributed by atoms with Crippen molar-refractivity contribution in [3.8, 4) is 0 Å². The standard InChI is InChI=1S/C7H9N3OS/c1-4(11)5-3-9-7(12-2)10-6(5)8/h3,8,11H,1-2H3/p-1/b5-4+,8-6?. The summed E-state index contributed by atoms with van der Waals surface area (Å²) in [5, 5.41) is 18.7. The van der Waals surface area contributed by atoms with Crippen LogP contribution in [-0.4, -0.2) is 23.5 Å². The predicted octanol–water partition coefficient (Wildman–Crippen LogP) is 0.401. The molecule has 64 valence electrons. The zero-order valence-corrected chi connectivity index (χ0v) is 7.60. The molecule has 1 N–H and O–H groups in total. The van der Waals surface area contributed by atoms with Gasteiger partial charge in [0.25, 0.3) is 0 Å². The van der Waals surface area contributed by atoms with Crippen molar-refractivity contribution in [2.24, 2.45) is 9.98 Å². The van der Waals surface area contributed by atoms with Crippen molar-refractivity contribution in [1.82, 2.24) is 0 Å². The summed E-state index contributed by atoms with van der Waals surface area (Å²) in [7, 11) is 0. The highest BCUT2D eigenvalue weighted by molar-refractivity contribution is 8.13. The van der Waals surface area contributed by atoms with Crippen molar-refractivity contribution in [3.05, 3.63) is 11.3 Å². The van der Waals surface area contributed by atoms with Gasteiger partial charge in [-0.2, -0.15) is 0 Å². The SMILES string of the molecule is CSC1=NC(=N)/C(=C(\C)[O-])C=N1. The molecule has 1 heterocycles. The molecule has 0 spiro atoms. The van der Waals surface area contributed by atoms with Gasteiger partial charge in [0.2, 0.25) is 0 Å². The molecule has 1 rings (SSSR count). The van der Waals surface area contributed by atoms with E-state index < -0.39 is 0 Å². The lowest BCUT2D eigenvalue weighted by Gasteiger charge is -2.13. The molecule has 4 nitrogen and oxygen atoms in total. The average molecular weight is 182 g/mol. The molecule has 0 amide bonds. The smallest absolute Gasteiger partial charge is 0.189 e. The van der Waals surface area contributed by atoms with Gasteiger partial charge < -0.3 is 5.11 Å². The van der Waals surface area contributed by atoms with Crippen molar-refractivity contribution < 1.29 is 5.11 Å². The van der Waals surface area contributed by atoms with E-state index in [1.54, 1.807) is 0 Å². The number of allylic oxidation sites excluding steroid dienone is 1. The molecule has 1 aliphatic heterocycles. The van der Waals surface area contributed by atoms with Crippen LogP contribution < -0.4 is 5.11 Å². The van der Waals surface area contributed by atoms with Gasteiger partial charge in [-0.3, -0.25) is 5.41 Å². The molecule has 0 aliphatic carbocycles. The molecule has 12 heavy (non-hydrogen) atoms. The summed E-state index contributed by atoms with van der Waals surface area (Å²) < 4.78 is 0. The van der Waals surface area contributed by atoms with E-state index in [-0.39, 0.29) is 17.2 Å². The fourth-order valence-corrected chi connectivity index (χ4v) is 1.06. The first kappa shape index (κ1) is 8.99. The molecule has 0 unspecified atom stereocenters. The number of rotatable bonds is 0. The maximum Gasteiger partial charge on any atom is 0.189 e. The molecular formula is C7H8N3OS-. The Morgan fingerprint density at radius 2 is 2.33 bits per heavy atom. The van der Waals surface area contributed by atoms with Crippen LogP contribution in [0.2, 0.25) is 0 Å². The number of hydrogen-bond donors (Lipinski definition) is 1. The first-order valence-corrected chi connectivity index (χ1v) is 4.51. The van der Waals surface area contributed by atoms with Gasteiger partial charge in [-0.15, -0.1) is 5.76 Å². The normalized spacial score (nSPS) is 20.8. The lowest BCUT2D eigenvalue weighted by atomic mass is 10.2. The van der Waals surface area contributed by atoms with E-state index in [0.717, 1.165) is 0 Å². The van der Waals surface area contributed by atoms with Crippen LogP contribution in [0, 0.1) is 5.41 Å². The van der Waals surface area contributed by atoms with Crippen molar-refractivity contribution in [2.75, 3.05) is 6.26 Å². The molecular weight excluding hydrogens is 174 g/mol. The van der Waals surface area contributed by atoms with Gasteiger partial charge in [-0.25, -0.2) is 9.98 Å². The quantitative estimate of drug-likeness (QED) is 0.551. The minimum absolute atomic E-state index is 0.00171. The van der Waals surface area contributed by atoms with E-state index in [1.165, 1.54) is 24.9 Å². The maximum absolute atomic E-state index is 10.9. The maximum atomic E-state index is 10.9. The zero-order chi connectivity index (χ0) is 9.14. The van der Waals surface area contributed by atoms with Crippen molar-refractivity contribution in [1.29, 1.82) is 5.41 Å². The summed E-state index contributed by atoms with van der Waals surface area (Å²) in [4.78, 5) is 7.70. The molecule has 0 saturated carbocycles. The Morgan fingerprint density at radius 3 is 2.75 bits per heavy atom. The van der Waals surface area contributed by atoms with E-state index in [4.69, 9.17) is 5.41 Å². The highest BCUT2D eigenvalue weighted by atomic mass is 32.2. The highest BCUT2D eigenvalue weighted by Gasteiger charge is 2.08. The Balaban J connectivity index is 2.98. The fourth-order valence-electron chi connectivity index (χ4n) is 0.722. The Kier molecular flexibility index (Phi) is 2.65.